The van der Waals surface area contributed by atoms with E-state index < -0.39 is 4.92 Å². The van der Waals surface area contributed by atoms with Crippen molar-refractivity contribution in [1.29, 1.82) is 0 Å². The molecule has 0 spiro atoms. The smallest absolute Gasteiger partial charge is 0.292 e. The van der Waals surface area contributed by atoms with Gasteiger partial charge in [0.2, 0.25) is 0 Å². The van der Waals surface area contributed by atoms with E-state index in [4.69, 9.17) is 5.73 Å². The van der Waals surface area contributed by atoms with Crippen LogP contribution in [0, 0.1) is 10.1 Å². The van der Waals surface area contributed by atoms with E-state index in [9.17, 15) is 10.1 Å². The molecule has 0 saturated carbocycles. The molecule has 0 amide bonds. The molecule has 7 nitrogen and oxygen atoms in total. The van der Waals surface area contributed by atoms with Crippen LogP contribution >= 0.6 is 0 Å². The first-order valence-electron chi connectivity index (χ1n) is 5.42. The number of nitrogens with two attached hydrogens (primary N) is 1. The number of nitrogens with zero attached hydrogens (tertiary/aromatic N) is 3. The summed E-state index contributed by atoms with van der Waals surface area (Å²) in [6.45, 7) is 1.38. The van der Waals surface area contributed by atoms with Gasteiger partial charge in [0.15, 0.2) is 0 Å². The zero-order valence-electron chi connectivity index (χ0n) is 9.61. The quantitative estimate of drug-likeness (QED) is 0.473. The van der Waals surface area contributed by atoms with Crippen molar-refractivity contribution in [3.63, 3.8) is 0 Å². The Morgan fingerprint density at radius 1 is 1.50 bits per heavy atom. The average Bonchev–Trinajstić information content (AvgIpc) is 2.81. The maximum absolute atomic E-state index is 10.6. The summed E-state index contributed by atoms with van der Waals surface area (Å²) in [5.41, 5.74) is 6.42. The van der Waals surface area contributed by atoms with Crippen molar-refractivity contribution in [2.24, 2.45) is 0 Å². The molecule has 0 fully saturated rings. The fourth-order valence-electron chi connectivity index (χ4n) is 1.58. The molecule has 2 aromatic rings. The van der Waals surface area contributed by atoms with Crippen LogP contribution in [-0.4, -0.2) is 21.2 Å². The van der Waals surface area contributed by atoms with E-state index in [2.05, 4.69) is 10.4 Å². The van der Waals surface area contributed by atoms with E-state index in [1.54, 1.807) is 23.0 Å². The SMILES string of the molecule is Nc1cc(NCCn2cccn2)ccc1[N+](=O)[O-]. The number of hydrogen-bond donors (Lipinski definition) is 2. The molecule has 94 valence electrons. The zero-order chi connectivity index (χ0) is 13.0. The first-order chi connectivity index (χ1) is 8.66. The second kappa shape index (κ2) is 5.17. The Bertz CT molecular complexity index is 538. The molecule has 0 aliphatic carbocycles. The molecule has 1 heterocycles. The highest BCUT2D eigenvalue weighted by Gasteiger charge is 2.10. The van der Waals surface area contributed by atoms with E-state index in [-0.39, 0.29) is 11.4 Å². The van der Waals surface area contributed by atoms with Crippen LogP contribution in [0.1, 0.15) is 0 Å². The third-order valence-corrected chi connectivity index (χ3v) is 2.45. The third kappa shape index (κ3) is 2.76. The monoisotopic (exact) mass is 247 g/mol. The third-order valence-electron chi connectivity index (χ3n) is 2.45. The fraction of sp³-hybridized carbons (Fsp3) is 0.182. The Labute approximate surface area is 103 Å². The first-order valence-corrected chi connectivity index (χ1v) is 5.42. The molecule has 3 N–H and O–H groups in total. The molecule has 7 heteroatoms. The van der Waals surface area contributed by atoms with Gasteiger partial charge in [-0.1, -0.05) is 0 Å². The van der Waals surface area contributed by atoms with Gasteiger partial charge in [0.1, 0.15) is 5.69 Å². The van der Waals surface area contributed by atoms with Gasteiger partial charge in [-0.05, 0) is 18.2 Å². The van der Waals surface area contributed by atoms with Crippen LogP contribution in [0.25, 0.3) is 0 Å². The second-order valence-corrected chi connectivity index (χ2v) is 3.73. The van der Waals surface area contributed by atoms with E-state index in [1.807, 2.05) is 12.3 Å². The Balaban J connectivity index is 1.94. The van der Waals surface area contributed by atoms with E-state index >= 15 is 0 Å². The van der Waals surface area contributed by atoms with E-state index in [0.29, 0.717) is 13.1 Å². The second-order valence-electron chi connectivity index (χ2n) is 3.73. The lowest BCUT2D eigenvalue weighted by Crippen LogP contribution is -2.11. The van der Waals surface area contributed by atoms with Crippen LogP contribution in [0.2, 0.25) is 0 Å². The molecule has 0 aliphatic heterocycles. The highest BCUT2D eigenvalue weighted by atomic mass is 16.6. The maximum Gasteiger partial charge on any atom is 0.292 e. The Morgan fingerprint density at radius 3 is 2.94 bits per heavy atom. The molecule has 1 aromatic carbocycles. The van der Waals surface area contributed by atoms with Crippen LogP contribution in [0.15, 0.2) is 36.7 Å². The van der Waals surface area contributed by atoms with Crippen molar-refractivity contribution in [3.8, 4) is 0 Å². The number of nitro groups is 1. The summed E-state index contributed by atoms with van der Waals surface area (Å²) in [5.74, 6) is 0. The van der Waals surface area contributed by atoms with Gasteiger partial charge in [0.25, 0.3) is 5.69 Å². The molecular formula is C11H13N5O2. The lowest BCUT2D eigenvalue weighted by molar-refractivity contribution is -0.383. The molecule has 0 bridgehead atoms. The zero-order valence-corrected chi connectivity index (χ0v) is 9.61. The van der Waals surface area contributed by atoms with Gasteiger partial charge in [-0.3, -0.25) is 14.8 Å². The van der Waals surface area contributed by atoms with Crippen LogP contribution in [0.3, 0.4) is 0 Å². The van der Waals surface area contributed by atoms with Gasteiger partial charge in [-0.25, -0.2) is 0 Å². The number of aromatic nitrogens is 2. The molecule has 0 atom stereocenters. The van der Waals surface area contributed by atoms with E-state index in [1.165, 1.54) is 6.07 Å². The van der Waals surface area contributed by atoms with Crippen molar-refractivity contribution in [1.82, 2.24) is 9.78 Å². The summed E-state index contributed by atoms with van der Waals surface area (Å²) in [4.78, 5) is 10.1. The van der Waals surface area contributed by atoms with Gasteiger partial charge in [0.05, 0.1) is 11.5 Å². The number of nitro benzene ring substituents is 1. The molecule has 0 unspecified atom stereocenters. The van der Waals surface area contributed by atoms with E-state index in [0.717, 1.165) is 5.69 Å². The predicted molar refractivity (Wildman–Crippen MR) is 68.2 cm³/mol. The minimum atomic E-state index is -0.497. The number of hydrogen-bond acceptors (Lipinski definition) is 5. The Hall–Kier alpha value is -2.57. The first kappa shape index (κ1) is 11.9. The van der Waals surface area contributed by atoms with Gasteiger partial charge in [-0.15, -0.1) is 0 Å². The number of anilines is 2. The van der Waals surface area contributed by atoms with Gasteiger partial charge in [-0.2, -0.15) is 5.10 Å². The van der Waals surface area contributed by atoms with Crippen molar-refractivity contribution in [3.05, 3.63) is 46.8 Å². The van der Waals surface area contributed by atoms with Gasteiger partial charge >= 0.3 is 0 Å². The standard InChI is InChI=1S/C11H13N5O2/c12-10-8-9(2-3-11(10)16(17)18)13-5-7-15-6-1-4-14-15/h1-4,6,8,13H,5,7,12H2. The number of nitrogens with one attached hydrogen (secondary N) is 1. The largest absolute Gasteiger partial charge is 0.393 e. The predicted octanol–water partition coefficient (Wildman–Crippen LogP) is 1.49. The molecule has 18 heavy (non-hydrogen) atoms. The van der Waals surface area contributed by atoms with Crippen molar-refractivity contribution < 1.29 is 4.92 Å². The topological polar surface area (TPSA) is 99.0 Å². The Morgan fingerprint density at radius 2 is 2.33 bits per heavy atom. The summed E-state index contributed by atoms with van der Waals surface area (Å²) >= 11 is 0. The average molecular weight is 247 g/mol. The summed E-state index contributed by atoms with van der Waals surface area (Å²) < 4.78 is 1.79. The van der Waals surface area contributed by atoms with Crippen LogP contribution in [0.4, 0.5) is 17.1 Å². The van der Waals surface area contributed by atoms with Gasteiger partial charge in [0, 0.05) is 30.7 Å². The lowest BCUT2D eigenvalue weighted by Gasteiger charge is -2.07. The fourth-order valence-corrected chi connectivity index (χ4v) is 1.58. The summed E-state index contributed by atoms with van der Waals surface area (Å²) in [7, 11) is 0. The minimum absolute atomic E-state index is 0.0763. The number of nitrogen functional groups attached to an aromatic ring is 1. The van der Waals surface area contributed by atoms with Crippen LogP contribution in [-0.2, 0) is 6.54 Å². The summed E-state index contributed by atoms with van der Waals surface area (Å²) in [6.07, 6.45) is 3.58. The van der Waals surface area contributed by atoms with Crippen LogP contribution < -0.4 is 11.1 Å². The number of benzene rings is 1. The van der Waals surface area contributed by atoms with Crippen molar-refractivity contribution >= 4 is 17.1 Å². The summed E-state index contributed by atoms with van der Waals surface area (Å²) in [6, 6.07) is 6.44. The highest BCUT2D eigenvalue weighted by Crippen LogP contribution is 2.24. The summed E-state index contributed by atoms with van der Waals surface area (Å²) in [5, 5.41) is 17.8. The molecule has 0 aliphatic rings. The minimum Gasteiger partial charge on any atom is -0.393 e. The van der Waals surface area contributed by atoms with Crippen molar-refractivity contribution in [2.45, 2.75) is 6.54 Å². The highest BCUT2D eigenvalue weighted by molar-refractivity contribution is 5.65. The molecule has 0 radical (unpaired) electrons. The lowest BCUT2D eigenvalue weighted by atomic mass is 10.2. The Kier molecular flexibility index (Phi) is 3.42. The van der Waals surface area contributed by atoms with Crippen molar-refractivity contribution in [2.75, 3.05) is 17.6 Å². The molecule has 2 rings (SSSR count). The van der Waals surface area contributed by atoms with Crippen LogP contribution in [0.5, 0.6) is 0 Å². The molecule has 1 aromatic heterocycles. The van der Waals surface area contributed by atoms with Gasteiger partial charge < -0.3 is 11.1 Å². The molecular weight excluding hydrogens is 234 g/mol. The number of rotatable bonds is 5. The molecule has 0 saturated heterocycles. The maximum atomic E-state index is 10.6. The normalized spacial score (nSPS) is 10.2.